The van der Waals surface area contributed by atoms with Crippen molar-refractivity contribution in [1.82, 2.24) is 19.9 Å². The van der Waals surface area contributed by atoms with Gasteiger partial charge >= 0.3 is 0 Å². The van der Waals surface area contributed by atoms with E-state index in [0.29, 0.717) is 17.9 Å². The molecule has 0 unspecified atom stereocenters. The van der Waals surface area contributed by atoms with Gasteiger partial charge in [0, 0.05) is 55.3 Å². The second-order valence-corrected chi connectivity index (χ2v) is 9.40. The number of benzene rings is 1. The highest BCUT2D eigenvalue weighted by atomic mass is 35.5. The molecular weight excluding hydrogens is 444 g/mol. The number of hydrogen-bond donors (Lipinski definition) is 0. The van der Waals surface area contributed by atoms with Crippen molar-refractivity contribution in [1.29, 1.82) is 0 Å². The first-order valence-electron chi connectivity index (χ1n) is 10.8. The third kappa shape index (κ3) is 5.52. The first kappa shape index (κ1) is 22.8. The van der Waals surface area contributed by atoms with E-state index in [-0.39, 0.29) is 5.91 Å². The maximum atomic E-state index is 13.4. The molecule has 0 aliphatic carbocycles. The van der Waals surface area contributed by atoms with Gasteiger partial charge in [0.15, 0.2) is 0 Å². The molecule has 0 N–H and O–H groups in total. The quantitative estimate of drug-likeness (QED) is 0.473. The molecule has 0 bridgehead atoms. The Morgan fingerprint density at radius 3 is 2.69 bits per heavy atom. The van der Waals surface area contributed by atoms with Gasteiger partial charge in [-0.2, -0.15) is 0 Å². The predicted molar refractivity (Wildman–Crippen MR) is 127 cm³/mol. The van der Waals surface area contributed by atoms with Crippen LogP contribution in [0.5, 0.6) is 0 Å². The van der Waals surface area contributed by atoms with Crippen LogP contribution < -0.4 is 0 Å². The Morgan fingerprint density at radius 1 is 1.12 bits per heavy atom. The normalized spacial score (nSPS) is 15.0. The Kier molecular flexibility index (Phi) is 7.50. The molecule has 3 heterocycles. The summed E-state index contributed by atoms with van der Waals surface area (Å²) in [5, 5.41) is 5.52. The Labute approximate surface area is 197 Å². The van der Waals surface area contributed by atoms with Gasteiger partial charge in [-0.1, -0.05) is 28.9 Å². The first-order valence-corrected chi connectivity index (χ1v) is 12.1. The number of aryl methyl sites for hydroxylation is 2. The fourth-order valence-electron chi connectivity index (χ4n) is 3.87. The van der Waals surface area contributed by atoms with E-state index >= 15 is 0 Å². The lowest BCUT2D eigenvalue weighted by Gasteiger charge is -2.23. The van der Waals surface area contributed by atoms with Crippen molar-refractivity contribution < 1.29 is 9.32 Å². The molecule has 1 aromatic carbocycles. The molecular formula is C24H27ClN4O2S. The highest BCUT2D eigenvalue weighted by Crippen LogP contribution is 2.28. The van der Waals surface area contributed by atoms with Crippen LogP contribution in [0.3, 0.4) is 0 Å². The number of carbonyl (C=O) groups is 1. The van der Waals surface area contributed by atoms with Gasteiger partial charge in [-0.25, -0.2) is 4.98 Å². The molecule has 168 valence electrons. The van der Waals surface area contributed by atoms with Crippen molar-refractivity contribution in [3.05, 3.63) is 75.8 Å². The fourth-order valence-corrected chi connectivity index (χ4v) is 5.13. The Bertz CT molecular complexity index is 1050. The number of carbonyl (C=O) groups excluding carboxylic acids is 1. The second kappa shape index (κ2) is 10.5. The number of thioether (sulfide) groups is 1. The third-order valence-corrected chi connectivity index (χ3v) is 7.01. The Hall–Kier alpha value is -2.35. The molecule has 0 spiro atoms. The second-order valence-electron chi connectivity index (χ2n) is 8.00. The number of rotatable bonds is 6. The first-order chi connectivity index (χ1) is 15.5. The van der Waals surface area contributed by atoms with Crippen molar-refractivity contribution in [3.8, 4) is 0 Å². The zero-order chi connectivity index (χ0) is 22.5. The van der Waals surface area contributed by atoms with Gasteiger partial charge in [0.05, 0.1) is 11.3 Å². The molecule has 3 aromatic rings. The van der Waals surface area contributed by atoms with Crippen molar-refractivity contribution in [2.75, 3.05) is 26.2 Å². The fraction of sp³-hybridized carbons (Fsp3) is 0.375. The lowest BCUT2D eigenvalue weighted by Crippen LogP contribution is -2.35. The lowest BCUT2D eigenvalue weighted by molar-refractivity contribution is 0.0757. The molecule has 8 heteroatoms. The largest absolute Gasteiger partial charge is 0.361 e. The van der Waals surface area contributed by atoms with Crippen LogP contribution in [-0.4, -0.2) is 52.0 Å². The Morgan fingerprint density at radius 2 is 1.94 bits per heavy atom. The molecule has 0 radical (unpaired) electrons. The zero-order valence-electron chi connectivity index (χ0n) is 18.4. The van der Waals surface area contributed by atoms with Crippen LogP contribution in [0.15, 0.2) is 52.1 Å². The highest BCUT2D eigenvalue weighted by molar-refractivity contribution is 7.98. The van der Waals surface area contributed by atoms with E-state index in [0.717, 1.165) is 59.7 Å². The van der Waals surface area contributed by atoms with Crippen LogP contribution >= 0.6 is 23.4 Å². The van der Waals surface area contributed by atoms with E-state index in [9.17, 15) is 4.79 Å². The SMILES string of the molecule is Cc1noc(C)c1CSc1ncccc1C(=O)N1CCCN(Cc2ccc(Cl)cc2)CC1. The van der Waals surface area contributed by atoms with Gasteiger partial charge in [-0.15, -0.1) is 11.8 Å². The third-order valence-electron chi connectivity index (χ3n) is 5.73. The van der Waals surface area contributed by atoms with Gasteiger partial charge < -0.3 is 9.42 Å². The standard InChI is InChI=1S/C24H27ClN4O2S/c1-17-22(18(2)31-27-17)16-32-23-21(5-3-10-26-23)24(30)29-12-4-11-28(13-14-29)15-19-6-8-20(25)9-7-19/h3,5-10H,4,11-16H2,1-2H3. The van der Waals surface area contributed by atoms with Crippen LogP contribution in [0, 0.1) is 13.8 Å². The van der Waals surface area contributed by atoms with E-state index in [2.05, 4.69) is 27.2 Å². The number of halogens is 1. The number of aromatic nitrogens is 2. The number of pyridine rings is 1. The summed E-state index contributed by atoms with van der Waals surface area (Å²) in [6.07, 6.45) is 2.68. The van der Waals surface area contributed by atoms with Crippen LogP contribution in [0.1, 0.15) is 39.4 Å². The molecule has 2 aromatic heterocycles. The summed E-state index contributed by atoms with van der Waals surface area (Å²) in [4.78, 5) is 22.2. The van der Waals surface area contributed by atoms with E-state index in [1.165, 1.54) is 5.56 Å². The van der Waals surface area contributed by atoms with E-state index in [1.807, 2.05) is 43.0 Å². The highest BCUT2D eigenvalue weighted by Gasteiger charge is 2.23. The average molecular weight is 471 g/mol. The van der Waals surface area contributed by atoms with E-state index < -0.39 is 0 Å². The van der Waals surface area contributed by atoms with Crippen molar-refractivity contribution in [2.24, 2.45) is 0 Å². The number of nitrogens with zero attached hydrogens (tertiary/aromatic N) is 4. The van der Waals surface area contributed by atoms with E-state index in [4.69, 9.17) is 16.1 Å². The van der Waals surface area contributed by atoms with E-state index in [1.54, 1.807) is 18.0 Å². The molecule has 1 amide bonds. The van der Waals surface area contributed by atoms with Gasteiger partial charge in [-0.05, 0) is 50.1 Å². The summed E-state index contributed by atoms with van der Waals surface area (Å²) in [6.45, 7) is 7.97. The molecule has 1 fully saturated rings. The molecule has 0 atom stereocenters. The minimum absolute atomic E-state index is 0.0488. The summed E-state index contributed by atoms with van der Waals surface area (Å²) in [7, 11) is 0. The van der Waals surface area contributed by atoms with Crippen molar-refractivity contribution >= 4 is 29.3 Å². The summed E-state index contributed by atoms with van der Waals surface area (Å²) in [5.74, 6) is 1.53. The summed E-state index contributed by atoms with van der Waals surface area (Å²) < 4.78 is 5.26. The summed E-state index contributed by atoms with van der Waals surface area (Å²) in [6, 6.07) is 11.7. The molecule has 1 aliphatic heterocycles. The maximum absolute atomic E-state index is 13.4. The molecule has 1 aliphatic rings. The molecule has 1 saturated heterocycles. The molecule has 32 heavy (non-hydrogen) atoms. The number of amides is 1. The molecule has 4 rings (SSSR count). The molecule has 6 nitrogen and oxygen atoms in total. The van der Waals surface area contributed by atoms with Gasteiger partial charge in [0.1, 0.15) is 10.8 Å². The van der Waals surface area contributed by atoms with Crippen LogP contribution in [-0.2, 0) is 12.3 Å². The summed E-state index contributed by atoms with van der Waals surface area (Å²) in [5.41, 5.74) is 3.84. The molecule has 0 saturated carbocycles. The van der Waals surface area contributed by atoms with Crippen molar-refractivity contribution in [2.45, 2.75) is 37.6 Å². The Balaban J connectivity index is 1.40. The van der Waals surface area contributed by atoms with Gasteiger partial charge in [0.2, 0.25) is 0 Å². The summed E-state index contributed by atoms with van der Waals surface area (Å²) >= 11 is 7.55. The minimum atomic E-state index is 0.0488. The smallest absolute Gasteiger partial charge is 0.256 e. The van der Waals surface area contributed by atoms with Gasteiger partial charge in [-0.3, -0.25) is 9.69 Å². The van der Waals surface area contributed by atoms with Crippen LogP contribution in [0.2, 0.25) is 5.02 Å². The van der Waals surface area contributed by atoms with Crippen LogP contribution in [0.25, 0.3) is 0 Å². The lowest BCUT2D eigenvalue weighted by atomic mass is 10.2. The monoisotopic (exact) mass is 470 g/mol. The topological polar surface area (TPSA) is 62.5 Å². The zero-order valence-corrected chi connectivity index (χ0v) is 20.0. The van der Waals surface area contributed by atoms with Gasteiger partial charge in [0.25, 0.3) is 5.91 Å². The predicted octanol–water partition coefficient (Wildman–Crippen LogP) is 4.98. The van der Waals surface area contributed by atoms with Crippen molar-refractivity contribution in [3.63, 3.8) is 0 Å². The van der Waals surface area contributed by atoms with Crippen LogP contribution in [0.4, 0.5) is 0 Å². The minimum Gasteiger partial charge on any atom is -0.361 e. The maximum Gasteiger partial charge on any atom is 0.256 e. The average Bonchev–Trinajstić information content (AvgIpc) is 2.98. The number of hydrogen-bond acceptors (Lipinski definition) is 6.